The van der Waals surface area contributed by atoms with E-state index in [-0.39, 0.29) is 17.7 Å². The van der Waals surface area contributed by atoms with Crippen molar-refractivity contribution in [2.75, 3.05) is 19.1 Å². The zero-order valence-corrected chi connectivity index (χ0v) is 11.7. The third-order valence-electron chi connectivity index (χ3n) is 3.92. The normalized spacial score (nSPS) is 21.5. The Morgan fingerprint density at radius 1 is 1.20 bits per heavy atom. The van der Waals surface area contributed by atoms with Crippen molar-refractivity contribution in [1.29, 1.82) is 0 Å². The van der Waals surface area contributed by atoms with Gasteiger partial charge >= 0.3 is 5.97 Å². The number of carboxylic acids is 1. The van der Waals surface area contributed by atoms with Gasteiger partial charge in [-0.15, -0.1) is 0 Å². The summed E-state index contributed by atoms with van der Waals surface area (Å²) in [5.74, 6) is -0.649. The zero-order chi connectivity index (χ0) is 14.7. The summed E-state index contributed by atoms with van der Waals surface area (Å²) in [6.45, 7) is 0. The van der Waals surface area contributed by atoms with Crippen LogP contribution in [0.15, 0.2) is 24.3 Å². The molecule has 1 amide bonds. The van der Waals surface area contributed by atoms with E-state index in [0.717, 1.165) is 11.4 Å². The molecule has 0 saturated heterocycles. The zero-order valence-electron chi connectivity index (χ0n) is 11.7. The van der Waals surface area contributed by atoms with Crippen LogP contribution in [0.2, 0.25) is 0 Å². The Kier molecular flexibility index (Phi) is 4.27. The smallest absolute Gasteiger partial charge is 0.306 e. The number of ether oxygens (including phenoxy) is 1. The summed E-state index contributed by atoms with van der Waals surface area (Å²) in [7, 11) is 3.31. The number of hydrogen-bond acceptors (Lipinski definition) is 3. The first-order valence-corrected chi connectivity index (χ1v) is 6.67. The van der Waals surface area contributed by atoms with E-state index in [4.69, 9.17) is 9.84 Å². The maximum absolute atomic E-state index is 12.4. The molecule has 0 aliphatic heterocycles. The van der Waals surface area contributed by atoms with Crippen LogP contribution in [0.1, 0.15) is 19.3 Å². The van der Waals surface area contributed by atoms with E-state index in [2.05, 4.69) is 0 Å². The number of methoxy groups -OCH3 is 1. The van der Waals surface area contributed by atoms with E-state index in [0.29, 0.717) is 19.3 Å². The second-order valence-electron chi connectivity index (χ2n) is 5.14. The number of nitrogens with zero attached hydrogens (tertiary/aromatic N) is 1. The summed E-state index contributed by atoms with van der Waals surface area (Å²) in [6.07, 6.45) is 1.67. The van der Waals surface area contributed by atoms with Crippen LogP contribution in [0.3, 0.4) is 0 Å². The Labute approximate surface area is 118 Å². The molecule has 5 nitrogen and oxygen atoms in total. The summed E-state index contributed by atoms with van der Waals surface area (Å²) in [5.41, 5.74) is 0.787. The van der Waals surface area contributed by atoms with Crippen LogP contribution >= 0.6 is 0 Å². The van der Waals surface area contributed by atoms with Crippen molar-refractivity contribution in [2.24, 2.45) is 11.8 Å². The topological polar surface area (TPSA) is 66.8 Å². The van der Waals surface area contributed by atoms with Crippen LogP contribution in [0.5, 0.6) is 5.75 Å². The van der Waals surface area contributed by atoms with E-state index in [1.165, 1.54) is 0 Å². The van der Waals surface area contributed by atoms with Crippen molar-refractivity contribution in [2.45, 2.75) is 19.3 Å². The van der Waals surface area contributed by atoms with E-state index in [1.807, 2.05) is 12.1 Å². The maximum Gasteiger partial charge on any atom is 0.306 e. The van der Waals surface area contributed by atoms with Gasteiger partial charge < -0.3 is 14.7 Å². The lowest BCUT2D eigenvalue weighted by molar-refractivity contribution is -0.141. The third-order valence-corrected chi connectivity index (χ3v) is 3.92. The lowest BCUT2D eigenvalue weighted by Gasteiger charge is -2.21. The molecule has 0 heterocycles. The van der Waals surface area contributed by atoms with Gasteiger partial charge in [0.05, 0.1) is 13.0 Å². The fraction of sp³-hybridized carbons (Fsp3) is 0.467. The van der Waals surface area contributed by atoms with Gasteiger partial charge in [0.15, 0.2) is 0 Å². The number of aliphatic carboxylic acids is 1. The average molecular weight is 277 g/mol. The van der Waals surface area contributed by atoms with Crippen LogP contribution in [-0.4, -0.2) is 31.1 Å². The third kappa shape index (κ3) is 2.92. The Morgan fingerprint density at radius 2 is 1.80 bits per heavy atom. The number of amides is 1. The summed E-state index contributed by atoms with van der Waals surface area (Å²) in [4.78, 5) is 24.9. The van der Waals surface area contributed by atoms with Crippen LogP contribution in [-0.2, 0) is 9.59 Å². The van der Waals surface area contributed by atoms with Gasteiger partial charge in [-0.1, -0.05) is 0 Å². The van der Waals surface area contributed by atoms with E-state index in [9.17, 15) is 9.59 Å². The van der Waals surface area contributed by atoms with Crippen molar-refractivity contribution in [3.8, 4) is 5.75 Å². The van der Waals surface area contributed by atoms with Crippen LogP contribution in [0, 0.1) is 11.8 Å². The first kappa shape index (κ1) is 14.4. The monoisotopic (exact) mass is 277 g/mol. The molecule has 5 heteroatoms. The summed E-state index contributed by atoms with van der Waals surface area (Å²) in [5, 5.41) is 8.99. The standard InChI is InChI=1S/C15H19NO4/c1-16(12-5-7-13(20-2)8-6-12)14(17)10-3-4-11(9-10)15(18)19/h5-8,10-11H,3-4,9H2,1-2H3,(H,18,19)/t10-,11+/m1/s1. The molecule has 108 valence electrons. The predicted octanol–water partition coefficient (Wildman–Crippen LogP) is 2.16. The second kappa shape index (κ2) is 5.94. The van der Waals surface area contributed by atoms with Gasteiger partial charge in [0, 0.05) is 18.7 Å². The number of carbonyl (C=O) groups is 2. The predicted molar refractivity (Wildman–Crippen MR) is 74.9 cm³/mol. The molecule has 1 aromatic rings. The number of anilines is 1. The fourth-order valence-electron chi connectivity index (χ4n) is 2.64. The van der Waals surface area contributed by atoms with Gasteiger partial charge in [0.25, 0.3) is 0 Å². The van der Waals surface area contributed by atoms with Crippen molar-refractivity contribution >= 4 is 17.6 Å². The van der Waals surface area contributed by atoms with Crippen LogP contribution in [0.25, 0.3) is 0 Å². The Balaban J connectivity index is 2.03. The molecule has 20 heavy (non-hydrogen) atoms. The summed E-state index contributed by atoms with van der Waals surface area (Å²) in [6, 6.07) is 7.24. The molecule has 1 saturated carbocycles. The minimum atomic E-state index is -0.799. The molecular weight excluding hydrogens is 258 g/mol. The maximum atomic E-state index is 12.4. The van der Waals surface area contributed by atoms with Crippen LogP contribution < -0.4 is 9.64 Å². The Bertz CT molecular complexity index is 497. The lowest BCUT2D eigenvalue weighted by Crippen LogP contribution is -2.32. The van der Waals surface area contributed by atoms with E-state index in [1.54, 1.807) is 31.2 Å². The van der Waals surface area contributed by atoms with E-state index < -0.39 is 5.97 Å². The molecule has 0 radical (unpaired) electrons. The fourth-order valence-corrected chi connectivity index (χ4v) is 2.64. The van der Waals surface area contributed by atoms with Crippen molar-refractivity contribution in [3.63, 3.8) is 0 Å². The molecule has 1 N–H and O–H groups in total. The molecule has 1 aliphatic rings. The first-order chi connectivity index (χ1) is 9.52. The number of hydrogen-bond donors (Lipinski definition) is 1. The van der Waals surface area contributed by atoms with Crippen LogP contribution in [0.4, 0.5) is 5.69 Å². The van der Waals surface area contributed by atoms with E-state index >= 15 is 0 Å². The summed E-state index contributed by atoms with van der Waals surface area (Å²) >= 11 is 0. The highest BCUT2D eigenvalue weighted by Crippen LogP contribution is 2.33. The number of rotatable bonds is 4. The lowest BCUT2D eigenvalue weighted by atomic mass is 10.0. The van der Waals surface area contributed by atoms with Crippen molar-refractivity contribution in [3.05, 3.63) is 24.3 Å². The molecule has 0 bridgehead atoms. The molecule has 2 atom stereocenters. The minimum absolute atomic E-state index is 0.0149. The molecule has 1 aliphatic carbocycles. The minimum Gasteiger partial charge on any atom is -0.497 e. The number of carbonyl (C=O) groups excluding carboxylic acids is 1. The molecule has 1 fully saturated rings. The first-order valence-electron chi connectivity index (χ1n) is 6.67. The second-order valence-corrected chi connectivity index (χ2v) is 5.14. The Hall–Kier alpha value is -2.04. The highest BCUT2D eigenvalue weighted by atomic mass is 16.5. The molecule has 0 aromatic heterocycles. The van der Waals surface area contributed by atoms with Gasteiger partial charge in [-0.2, -0.15) is 0 Å². The highest BCUT2D eigenvalue weighted by molar-refractivity contribution is 5.95. The molecule has 1 aromatic carbocycles. The quantitative estimate of drug-likeness (QED) is 0.915. The largest absolute Gasteiger partial charge is 0.497 e. The molecule has 0 spiro atoms. The van der Waals surface area contributed by atoms with Gasteiger partial charge in [-0.25, -0.2) is 0 Å². The Morgan fingerprint density at radius 3 is 2.30 bits per heavy atom. The summed E-state index contributed by atoms with van der Waals surface area (Å²) < 4.78 is 5.08. The molecule has 0 unspecified atom stereocenters. The van der Waals surface area contributed by atoms with Crippen molar-refractivity contribution in [1.82, 2.24) is 0 Å². The average Bonchev–Trinajstić information content (AvgIpc) is 2.96. The number of carboxylic acid groups (broad SMARTS) is 1. The van der Waals surface area contributed by atoms with Gasteiger partial charge in [-0.3, -0.25) is 9.59 Å². The molecule has 2 rings (SSSR count). The van der Waals surface area contributed by atoms with Gasteiger partial charge in [-0.05, 0) is 43.5 Å². The highest BCUT2D eigenvalue weighted by Gasteiger charge is 2.35. The van der Waals surface area contributed by atoms with Gasteiger partial charge in [0.1, 0.15) is 5.75 Å². The van der Waals surface area contributed by atoms with Crippen molar-refractivity contribution < 1.29 is 19.4 Å². The molecular formula is C15H19NO4. The van der Waals surface area contributed by atoms with Gasteiger partial charge in [0.2, 0.25) is 5.91 Å². The SMILES string of the molecule is COc1ccc(N(C)C(=O)[C@@H]2CC[C@H](C(=O)O)C2)cc1. The number of benzene rings is 1.